The quantitative estimate of drug-likeness (QED) is 0.636. The third-order valence-corrected chi connectivity index (χ3v) is 4.00. The minimum absolute atomic E-state index is 0.112. The minimum Gasteiger partial charge on any atom is -0.492 e. The zero-order valence-corrected chi connectivity index (χ0v) is 11.4. The van der Waals surface area contributed by atoms with Crippen molar-refractivity contribution in [3.05, 3.63) is 42.1 Å². The second-order valence-electron chi connectivity index (χ2n) is 3.94. The van der Waals surface area contributed by atoms with Crippen molar-refractivity contribution in [3.8, 4) is 5.75 Å². The Labute approximate surface area is 116 Å². The molecule has 0 aliphatic heterocycles. The molecule has 7 nitrogen and oxygen atoms in total. The zero-order valence-electron chi connectivity index (χ0n) is 10.6. The van der Waals surface area contributed by atoms with Gasteiger partial charge in [0.25, 0.3) is 10.0 Å². The number of nitrogens with one attached hydrogen (secondary N) is 2. The SMILES string of the molecule is O=S(=O)(NCCOc1ccccc1)c1[nH]ncc1CO. The third-order valence-electron chi connectivity index (χ3n) is 2.52. The first-order valence-corrected chi connectivity index (χ1v) is 7.42. The highest BCUT2D eigenvalue weighted by Crippen LogP contribution is 2.11. The molecule has 0 amide bonds. The van der Waals surface area contributed by atoms with E-state index in [4.69, 9.17) is 9.84 Å². The number of rotatable bonds is 7. The van der Waals surface area contributed by atoms with Crippen LogP contribution in [0.3, 0.4) is 0 Å². The van der Waals surface area contributed by atoms with Crippen LogP contribution in [0, 0.1) is 0 Å². The summed E-state index contributed by atoms with van der Waals surface area (Å²) in [7, 11) is -3.72. The van der Waals surface area contributed by atoms with E-state index in [-0.39, 0.29) is 23.7 Å². The Morgan fingerprint density at radius 1 is 1.30 bits per heavy atom. The summed E-state index contributed by atoms with van der Waals surface area (Å²) in [6.07, 6.45) is 1.27. The van der Waals surface area contributed by atoms with Crippen molar-refractivity contribution in [1.82, 2.24) is 14.9 Å². The molecule has 0 aliphatic carbocycles. The van der Waals surface area contributed by atoms with Gasteiger partial charge in [0.15, 0.2) is 5.03 Å². The molecule has 0 spiro atoms. The molecule has 0 radical (unpaired) electrons. The number of aromatic nitrogens is 2. The van der Waals surface area contributed by atoms with Gasteiger partial charge in [-0.2, -0.15) is 5.10 Å². The largest absolute Gasteiger partial charge is 0.492 e. The third kappa shape index (κ3) is 3.56. The van der Waals surface area contributed by atoms with Gasteiger partial charge in [0, 0.05) is 12.1 Å². The van der Waals surface area contributed by atoms with Crippen molar-refractivity contribution in [2.75, 3.05) is 13.2 Å². The molecule has 1 heterocycles. The van der Waals surface area contributed by atoms with Gasteiger partial charge in [0.2, 0.25) is 0 Å². The van der Waals surface area contributed by atoms with Crippen molar-refractivity contribution >= 4 is 10.0 Å². The number of hydrogen-bond acceptors (Lipinski definition) is 5. The van der Waals surface area contributed by atoms with E-state index < -0.39 is 16.6 Å². The van der Waals surface area contributed by atoms with Crippen LogP contribution in [0.25, 0.3) is 0 Å². The number of aromatic amines is 1. The number of para-hydroxylation sites is 1. The van der Waals surface area contributed by atoms with Crippen molar-refractivity contribution in [2.45, 2.75) is 11.6 Å². The van der Waals surface area contributed by atoms with Crippen LogP contribution < -0.4 is 9.46 Å². The van der Waals surface area contributed by atoms with Crippen LogP contribution in [-0.2, 0) is 16.6 Å². The first-order valence-electron chi connectivity index (χ1n) is 5.94. The molecular formula is C12H15N3O4S. The number of H-pyrrole nitrogens is 1. The molecule has 1 aromatic heterocycles. The first-order chi connectivity index (χ1) is 9.63. The second kappa shape index (κ2) is 6.51. The van der Waals surface area contributed by atoms with Crippen LogP contribution in [0.1, 0.15) is 5.56 Å². The highest BCUT2D eigenvalue weighted by atomic mass is 32.2. The average molecular weight is 297 g/mol. The number of benzene rings is 1. The number of hydrogen-bond donors (Lipinski definition) is 3. The number of aliphatic hydroxyl groups is 1. The van der Waals surface area contributed by atoms with E-state index in [9.17, 15) is 8.42 Å². The Kier molecular flexibility index (Phi) is 4.72. The van der Waals surface area contributed by atoms with Gasteiger partial charge in [-0.15, -0.1) is 0 Å². The summed E-state index contributed by atoms with van der Waals surface area (Å²) in [5.41, 5.74) is 0.224. The van der Waals surface area contributed by atoms with Gasteiger partial charge in [-0.05, 0) is 12.1 Å². The summed E-state index contributed by atoms with van der Waals surface area (Å²) in [5.74, 6) is 0.671. The number of nitrogens with zero attached hydrogens (tertiary/aromatic N) is 1. The Bertz CT molecular complexity index is 640. The molecule has 20 heavy (non-hydrogen) atoms. The summed E-state index contributed by atoms with van der Waals surface area (Å²) in [5, 5.41) is 14.8. The second-order valence-corrected chi connectivity index (χ2v) is 5.65. The van der Waals surface area contributed by atoms with Gasteiger partial charge in [0.05, 0.1) is 12.8 Å². The molecule has 3 N–H and O–H groups in total. The summed E-state index contributed by atoms with van der Waals surface area (Å²) in [6.45, 7) is -0.0831. The average Bonchev–Trinajstić information content (AvgIpc) is 2.94. The predicted molar refractivity (Wildman–Crippen MR) is 71.6 cm³/mol. The Balaban J connectivity index is 1.87. The summed E-state index contributed by atoms with van der Waals surface area (Å²) < 4.78 is 31.6. The minimum atomic E-state index is -3.72. The lowest BCUT2D eigenvalue weighted by molar-refractivity contribution is 0.278. The van der Waals surface area contributed by atoms with Crippen LogP contribution >= 0.6 is 0 Å². The lowest BCUT2D eigenvalue weighted by Gasteiger charge is -2.08. The predicted octanol–water partition coefficient (Wildman–Crippen LogP) is 0.259. The summed E-state index contributed by atoms with van der Waals surface area (Å²) >= 11 is 0. The van der Waals surface area contributed by atoms with E-state index in [2.05, 4.69) is 14.9 Å². The highest BCUT2D eigenvalue weighted by Gasteiger charge is 2.19. The summed E-state index contributed by atoms with van der Waals surface area (Å²) in [4.78, 5) is 0. The molecular weight excluding hydrogens is 282 g/mol. The van der Waals surface area contributed by atoms with Crippen LogP contribution in [0.5, 0.6) is 5.75 Å². The van der Waals surface area contributed by atoms with Crippen molar-refractivity contribution in [2.24, 2.45) is 0 Å². The van der Waals surface area contributed by atoms with Crippen LogP contribution in [0.2, 0.25) is 0 Å². The van der Waals surface area contributed by atoms with Gasteiger partial charge >= 0.3 is 0 Å². The van der Waals surface area contributed by atoms with E-state index in [1.807, 2.05) is 18.2 Å². The lowest BCUT2D eigenvalue weighted by Crippen LogP contribution is -2.29. The van der Waals surface area contributed by atoms with Crippen molar-refractivity contribution < 1.29 is 18.3 Å². The molecule has 2 rings (SSSR count). The summed E-state index contributed by atoms with van der Waals surface area (Å²) in [6, 6.07) is 9.10. The molecule has 0 fully saturated rings. The van der Waals surface area contributed by atoms with E-state index >= 15 is 0 Å². The molecule has 0 atom stereocenters. The molecule has 0 aliphatic rings. The van der Waals surface area contributed by atoms with E-state index in [1.54, 1.807) is 12.1 Å². The number of ether oxygens (including phenoxy) is 1. The molecule has 0 saturated carbocycles. The van der Waals surface area contributed by atoms with Crippen LogP contribution in [-0.4, -0.2) is 36.9 Å². The maximum absolute atomic E-state index is 11.9. The van der Waals surface area contributed by atoms with Crippen molar-refractivity contribution in [3.63, 3.8) is 0 Å². The maximum atomic E-state index is 11.9. The van der Waals surface area contributed by atoms with Crippen LogP contribution in [0.15, 0.2) is 41.6 Å². The van der Waals surface area contributed by atoms with Gasteiger partial charge in [-0.3, -0.25) is 5.10 Å². The fourth-order valence-electron chi connectivity index (χ4n) is 1.58. The number of aliphatic hydroxyl groups excluding tert-OH is 1. The Morgan fingerprint density at radius 2 is 2.05 bits per heavy atom. The monoisotopic (exact) mass is 297 g/mol. The number of sulfonamides is 1. The van der Waals surface area contributed by atoms with E-state index in [1.165, 1.54) is 6.20 Å². The first kappa shape index (κ1) is 14.5. The fraction of sp³-hybridized carbons (Fsp3) is 0.250. The van der Waals surface area contributed by atoms with Gasteiger partial charge < -0.3 is 9.84 Å². The van der Waals surface area contributed by atoms with Crippen LogP contribution in [0.4, 0.5) is 0 Å². The Hall–Kier alpha value is -1.90. The standard InChI is InChI=1S/C12H15N3O4S/c16-9-10-8-13-15-12(10)20(17,18)14-6-7-19-11-4-2-1-3-5-11/h1-5,8,14,16H,6-7,9H2,(H,13,15). The molecule has 108 valence electrons. The van der Waals surface area contributed by atoms with Crippen molar-refractivity contribution in [1.29, 1.82) is 0 Å². The molecule has 8 heteroatoms. The highest BCUT2D eigenvalue weighted by molar-refractivity contribution is 7.89. The topological polar surface area (TPSA) is 104 Å². The molecule has 2 aromatic rings. The molecule has 0 bridgehead atoms. The zero-order chi connectivity index (χ0) is 14.4. The van der Waals surface area contributed by atoms with Gasteiger partial charge in [-0.25, -0.2) is 13.1 Å². The molecule has 0 unspecified atom stereocenters. The van der Waals surface area contributed by atoms with Gasteiger partial charge in [-0.1, -0.05) is 18.2 Å². The lowest BCUT2D eigenvalue weighted by atomic mass is 10.3. The smallest absolute Gasteiger partial charge is 0.257 e. The molecule has 1 aromatic carbocycles. The fourth-order valence-corrected chi connectivity index (χ4v) is 2.71. The van der Waals surface area contributed by atoms with E-state index in [0.29, 0.717) is 5.75 Å². The van der Waals surface area contributed by atoms with E-state index in [0.717, 1.165) is 0 Å². The van der Waals surface area contributed by atoms with Gasteiger partial charge in [0.1, 0.15) is 12.4 Å². The maximum Gasteiger partial charge on any atom is 0.257 e. The molecule has 0 saturated heterocycles. The normalized spacial score (nSPS) is 11.4. The Morgan fingerprint density at radius 3 is 2.75 bits per heavy atom.